The van der Waals surface area contributed by atoms with E-state index in [0.717, 1.165) is 16.4 Å². The van der Waals surface area contributed by atoms with E-state index in [0.29, 0.717) is 11.3 Å². The maximum Gasteiger partial charge on any atom is 0.137 e. The molecule has 2 nitrogen and oxygen atoms in total. The number of furan rings is 1. The van der Waals surface area contributed by atoms with Crippen molar-refractivity contribution >= 4 is 33.3 Å². The second-order valence-electron chi connectivity index (χ2n) is 4.43. The Labute approximate surface area is 123 Å². The third-order valence-corrected chi connectivity index (χ3v) is 3.15. The highest BCUT2D eigenvalue weighted by molar-refractivity contribution is 6.05. The van der Waals surface area contributed by atoms with E-state index in [1.807, 2.05) is 30.3 Å². The second kappa shape index (κ2) is 4.42. The first kappa shape index (κ1) is 7.15. The van der Waals surface area contributed by atoms with Crippen LogP contribution in [0.3, 0.4) is 0 Å². The normalized spacial score (nSPS) is 14.5. The summed E-state index contributed by atoms with van der Waals surface area (Å²) in [4.78, 5) is 0. The third kappa shape index (κ3) is 1.82. The van der Waals surface area contributed by atoms with Gasteiger partial charge in [-0.1, -0.05) is 36.3 Å². The Kier molecular flexibility index (Phi) is 1.58. The third-order valence-electron chi connectivity index (χ3n) is 3.15. The minimum absolute atomic E-state index is 0.0430. The van der Waals surface area contributed by atoms with Crippen molar-refractivity contribution in [3.8, 4) is 0 Å². The van der Waals surface area contributed by atoms with E-state index in [1.54, 1.807) is 12.1 Å². The SMILES string of the molecule is [2H]c1c([2H])c([2H])c(Nc2ccc3c(c2)oc2ccccc23)c([2H])c1[2H]. The van der Waals surface area contributed by atoms with Crippen LogP contribution in [0.1, 0.15) is 6.85 Å². The molecule has 0 saturated heterocycles. The monoisotopic (exact) mass is 264 g/mol. The molecule has 4 rings (SSSR count). The molecule has 20 heavy (non-hydrogen) atoms. The number of nitrogens with one attached hydrogen (secondary N) is 1. The Morgan fingerprint density at radius 1 is 0.800 bits per heavy atom. The van der Waals surface area contributed by atoms with Crippen LogP contribution < -0.4 is 5.32 Å². The molecule has 1 N–H and O–H groups in total. The van der Waals surface area contributed by atoms with E-state index in [4.69, 9.17) is 11.3 Å². The van der Waals surface area contributed by atoms with E-state index in [1.165, 1.54) is 0 Å². The molecule has 0 aliphatic heterocycles. The zero-order chi connectivity index (χ0) is 17.7. The van der Waals surface area contributed by atoms with Crippen molar-refractivity contribution < 1.29 is 11.3 Å². The van der Waals surface area contributed by atoms with Gasteiger partial charge < -0.3 is 9.73 Å². The molecule has 3 aromatic carbocycles. The average molecular weight is 264 g/mol. The highest BCUT2D eigenvalue weighted by Gasteiger charge is 2.06. The van der Waals surface area contributed by atoms with Crippen LogP contribution in [-0.4, -0.2) is 0 Å². The topological polar surface area (TPSA) is 25.2 Å². The number of rotatable bonds is 2. The van der Waals surface area contributed by atoms with Gasteiger partial charge >= 0.3 is 0 Å². The Bertz CT molecular complexity index is 1110. The van der Waals surface area contributed by atoms with Crippen molar-refractivity contribution in [1.29, 1.82) is 0 Å². The van der Waals surface area contributed by atoms with E-state index in [9.17, 15) is 0 Å². The van der Waals surface area contributed by atoms with E-state index in [-0.39, 0.29) is 29.9 Å². The summed E-state index contributed by atoms with van der Waals surface area (Å²) in [7, 11) is 0. The van der Waals surface area contributed by atoms with Crippen LogP contribution in [0.4, 0.5) is 11.4 Å². The molecule has 4 aromatic rings. The summed E-state index contributed by atoms with van der Waals surface area (Å²) >= 11 is 0. The van der Waals surface area contributed by atoms with Crippen molar-refractivity contribution in [2.24, 2.45) is 0 Å². The summed E-state index contributed by atoms with van der Waals surface area (Å²) in [6.07, 6.45) is 0. The van der Waals surface area contributed by atoms with E-state index >= 15 is 0 Å². The maximum atomic E-state index is 7.98. The number of anilines is 2. The maximum absolute atomic E-state index is 7.98. The highest BCUT2D eigenvalue weighted by Crippen LogP contribution is 2.31. The predicted octanol–water partition coefficient (Wildman–Crippen LogP) is 5.33. The van der Waals surface area contributed by atoms with Gasteiger partial charge in [0.05, 0.1) is 6.85 Å². The van der Waals surface area contributed by atoms with Crippen LogP contribution >= 0.6 is 0 Å². The Morgan fingerprint density at radius 3 is 2.50 bits per heavy atom. The highest BCUT2D eigenvalue weighted by atomic mass is 16.3. The van der Waals surface area contributed by atoms with Crippen molar-refractivity contribution in [3.63, 3.8) is 0 Å². The Balaban J connectivity index is 1.83. The second-order valence-corrected chi connectivity index (χ2v) is 4.43. The molecule has 96 valence electrons. The number of hydrogen-bond donors (Lipinski definition) is 1. The van der Waals surface area contributed by atoms with Gasteiger partial charge in [0, 0.05) is 28.2 Å². The lowest BCUT2D eigenvalue weighted by Crippen LogP contribution is -1.88. The molecule has 0 atom stereocenters. The van der Waals surface area contributed by atoms with Gasteiger partial charge in [-0.25, -0.2) is 0 Å². The molecule has 0 fully saturated rings. The lowest BCUT2D eigenvalue weighted by molar-refractivity contribution is 0.669. The van der Waals surface area contributed by atoms with Crippen molar-refractivity contribution in [2.75, 3.05) is 5.32 Å². The summed E-state index contributed by atoms with van der Waals surface area (Å²) in [6.45, 7) is 0. The zero-order valence-corrected chi connectivity index (χ0v) is 10.4. The Morgan fingerprint density at radius 2 is 1.60 bits per heavy atom. The summed E-state index contributed by atoms with van der Waals surface area (Å²) in [5.74, 6) is 0. The summed E-state index contributed by atoms with van der Waals surface area (Å²) in [6, 6.07) is 11.5. The molecule has 0 bridgehead atoms. The molecular weight excluding hydrogens is 246 g/mol. The zero-order valence-electron chi connectivity index (χ0n) is 15.4. The smallest absolute Gasteiger partial charge is 0.137 e. The van der Waals surface area contributed by atoms with Crippen LogP contribution in [0.15, 0.2) is 77.1 Å². The van der Waals surface area contributed by atoms with Gasteiger partial charge in [0.1, 0.15) is 11.2 Å². The molecule has 2 heteroatoms. The van der Waals surface area contributed by atoms with Gasteiger partial charge in [-0.15, -0.1) is 0 Å². The minimum atomic E-state index is -0.409. The summed E-state index contributed by atoms with van der Waals surface area (Å²) in [5, 5.41) is 4.89. The predicted molar refractivity (Wildman–Crippen MR) is 83.4 cm³/mol. The minimum Gasteiger partial charge on any atom is -0.456 e. The van der Waals surface area contributed by atoms with Gasteiger partial charge in [-0.3, -0.25) is 0 Å². The van der Waals surface area contributed by atoms with Crippen LogP contribution in [0, 0.1) is 0 Å². The van der Waals surface area contributed by atoms with Crippen LogP contribution in [0.25, 0.3) is 21.9 Å². The molecule has 0 aliphatic carbocycles. The van der Waals surface area contributed by atoms with Crippen LogP contribution in [0.5, 0.6) is 0 Å². The number of hydrogen-bond acceptors (Lipinski definition) is 2. The van der Waals surface area contributed by atoms with Crippen molar-refractivity contribution in [1.82, 2.24) is 0 Å². The van der Waals surface area contributed by atoms with Gasteiger partial charge in [-0.2, -0.15) is 0 Å². The first-order chi connectivity index (χ1) is 12.0. The van der Waals surface area contributed by atoms with Gasteiger partial charge in [0.2, 0.25) is 0 Å². The van der Waals surface area contributed by atoms with Gasteiger partial charge in [-0.05, 0) is 30.3 Å². The molecule has 1 aromatic heterocycles. The summed E-state index contributed by atoms with van der Waals surface area (Å²) < 4.78 is 44.9. The standard InChI is InChI=1S/C18H13NO/c1-2-6-13(7-3-1)19-14-10-11-16-15-8-4-5-9-17(15)20-18(16)12-14/h1-12,19H/i1D,2D,3D,6D,7D. The molecule has 0 aliphatic rings. The Hall–Kier alpha value is -2.74. The first-order valence-corrected chi connectivity index (χ1v) is 6.22. The van der Waals surface area contributed by atoms with E-state index in [2.05, 4.69) is 5.32 Å². The average Bonchev–Trinajstić information content (AvgIpc) is 2.99. The van der Waals surface area contributed by atoms with Crippen LogP contribution in [0.2, 0.25) is 0 Å². The van der Waals surface area contributed by atoms with E-state index < -0.39 is 6.04 Å². The fourth-order valence-corrected chi connectivity index (χ4v) is 2.26. The number of para-hydroxylation sites is 2. The molecule has 1 heterocycles. The summed E-state index contributed by atoms with van der Waals surface area (Å²) in [5.41, 5.74) is 2.07. The van der Waals surface area contributed by atoms with Gasteiger partial charge in [0.15, 0.2) is 0 Å². The molecule has 0 unspecified atom stereocenters. The molecule has 0 radical (unpaired) electrons. The van der Waals surface area contributed by atoms with Crippen molar-refractivity contribution in [3.05, 3.63) is 72.7 Å². The van der Waals surface area contributed by atoms with Gasteiger partial charge in [0.25, 0.3) is 0 Å². The largest absolute Gasteiger partial charge is 0.456 e. The number of fused-ring (bicyclic) bond motifs is 3. The quantitative estimate of drug-likeness (QED) is 0.529. The lowest BCUT2D eigenvalue weighted by Gasteiger charge is -2.05. The fourth-order valence-electron chi connectivity index (χ4n) is 2.26. The molecule has 0 spiro atoms. The fraction of sp³-hybridized carbons (Fsp3) is 0. The molecular formula is C18H13NO. The lowest BCUT2D eigenvalue weighted by atomic mass is 10.1. The van der Waals surface area contributed by atoms with Crippen LogP contribution in [-0.2, 0) is 0 Å². The molecule has 0 amide bonds. The van der Waals surface area contributed by atoms with Crippen molar-refractivity contribution in [2.45, 2.75) is 0 Å². The number of benzene rings is 3. The first-order valence-electron chi connectivity index (χ1n) is 8.72. The molecule has 0 saturated carbocycles.